The second-order valence-electron chi connectivity index (χ2n) is 15.7. The summed E-state index contributed by atoms with van der Waals surface area (Å²) in [5.41, 5.74) is 15.1. The van der Waals surface area contributed by atoms with Crippen LogP contribution in [-0.4, -0.2) is 4.57 Å². The summed E-state index contributed by atoms with van der Waals surface area (Å²) in [7, 11) is 0. The first kappa shape index (κ1) is 34.9. The molecule has 0 fully saturated rings. The van der Waals surface area contributed by atoms with Crippen LogP contribution < -0.4 is 4.90 Å². The predicted molar refractivity (Wildman–Crippen MR) is 257 cm³/mol. The van der Waals surface area contributed by atoms with Gasteiger partial charge in [0.05, 0.1) is 22.4 Å². The monoisotopic (exact) mass is 778 g/mol. The molecule has 0 aliphatic carbocycles. The smallest absolute Gasteiger partial charge is 0.159 e. The SMILES string of the molecule is c1ccc(-c2ccc(N(c3ccccc3-c3ccccc3)c3cc(-c4cccc5c4c4ccccc4n5-c4ccccc4)cc4c3oc3ccc5ccccc5c34)cc2)cc1. The third kappa shape index (κ3) is 5.74. The third-order valence-electron chi connectivity index (χ3n) is 12.2. The molecule has 0 bridgehead atoms. The molecule has 12 rings (SSSR count). The highest BCUT2D eigenvalue weighted by Crippen LogP contribution is 2.49. The van der Waals surface area contributed by atoms with Crippen LogP contribution in [0.25, 0.3) is 93.6 Å². The topological polar surface area (TPSA) is 21.3 Å². The molecule has 0 atom stereocenters. The van der Waals surface area contributed by atoms with Crippen molar-refractivity contribution in [3.63, 3.8) is 0 Å². The van der Waals surface area contributed by atoms with Crippen molar-refractivity contribution in [1.82, 2.24) is 4.57 Å². The Balaban J connectivity index is 1.20. The van der Waals surface area contributed by atoms with Crippen molar-refractivity contribution < 1.29 is 4.42 Å². The summed E-state index contributed by atoms with van der Waals surface area (Å²) in [6.45, 7) is 0. The lowest BCUT2D eigenvalue weighted by Gasteiger charge is -2.28. The number of aromatic nitrogens is 1. The van der Waals surface area contributed by atoms with E-state index in [1.807, 2.05) is 0 Å². The van der Waals surface area contributed by atoms with Crippen molar-refractivity contribution >= 4 is 71.6 Å². The zero-order valence-electron chi connectivity index (χ0n) is 33.2. The lowest BCUT2D eigenvalue weighted by Crippen LogP contribution is -2.12. The molecule has 0 aliphatic rings. The van der Waals surface area contributed by atoms with E-state index >= 15 is 0 Å². The fraction of sp³-hybridized carbons (Fsp3) is 0. The molecule has 3 heteroatoms. The van der Waals surface area contributed by atoms with Crippen molar-refractivity contribution in [3.8, 4) is 39.1 Å². The van der Waals surface area contributed by atoms with Crippen molar-refractivity contribution in [2.24, 2.45) is 0 Å². The highest BCUT2D eigenvalue weighted by Gasteiger charge is 2.25. The molecule has 2 heterocycles. The van der Waals surface area contributed by atoms with Crippen LogP contribution in [0.1, 0.15) is 0 Å². The quantitative estimate of drug-likeness (QED) is 0.161. The molecule has 0 unspecified atom stereocenters. The normalized spacial score (nSPS) is 11.6. The number of para-hydroxylation sites is 3. The van der Waals surface area contributed by atoms with Crippen molar-refractivity contribution in [2.75, 3.05) is 4.90 Å². The Morgan fingerprint density at radius 1 is 0.361 bits per heavy atom. The third-order valence-corrected chi connectivity index (χ3v) is 12.2. The van der Waals surface area contributed by atoms with Crippen LogP contribution in [0.3, 0.4) is 0 Å². The van der Waals surface area contributed by atoms with Crippen LogP contribution in [0.2, 0.25) is 0 Å². The number of fused-ring (bicyclic) bond motifs is 8. The molecule has 12 aromatic rings. The largest absolute Gasteiger partial charge is 0.454 e. The van der Waals surface area contributed by atoms with E-state index in [0.717, 1.165) is 78.0 Å². The average Bonchev–Trinajstić information content (AvgIpc) is 3.89. The number of furan rings is 1. The zero-order chi connectivity index (χ0) is 40.3. The van der Waals surface area contributed by atoms with Crippen molar-refractivity contribution in [1.29, 1.82) is 0 Å². The van der Waals surface area contributed by atoms with Gasteiger partial charge in [0, 0.05) is 38.5 Å². The van der Waals surface area contributed by atoms with Crippen LogP contribution in [0.4, 0.5) is 17.1 Å². The Hall–Kier alpha value is -8.14. The Morgan fingerprint density at radius 3 is 1.79 bits per heavy atom. The first-order valence-electron chi connectivity index (χ1n) is 20.8. The van der Waals surface area contributed by atoms with Crippen LogP contribution in [0.5, 0.6) is 0 Å². The molecule has 2 aromatic heterocycles. The van der Waals surface area contributed by atoms with Crippen molar-refractivity contribution in [2.45, 2.75) is 0 Å². The molecule has 10 aromatic carbocycles. The van der Waals surface area contributed by atoms with Gasteiger partial charge in [-0.3, -0.25) is 0 Å². The van der Waals surface area contributed by atoms with Gasteiger partial charge in [-0.2, -0.15) is 0 Å². The van der Waals surface area contributed by atoms with Crippen LogP contribution >= 0.6 is 0 Å². The van der Waals surface area contributed by atoms with E-state index in [1.165, 1.54) is 32.6 Å². The first-order chi connectivity index (χ1) is 30.3. The van der Waals surface area contributed by atoms with Crippen LogP contribution in [-0.2, 0) is 0 Å². The second kappa shape index (κ2) is 14.3. The molecule has 286 valence electrons. The van der Waals surface area contributed by atoms with Gasteiger partial charge in [-0.25, -0.2) is 0 Å². The van der Waals surface area contributed by atoms with E-state index < -0.39 is 0 Å². The van der Waals surface area contributed by atoms with E-state index in [0.29, 0.717) is 0 Å². The standard InChI is InChI=1S/C58H38N2O/c1-4-17-39(18-5-1)40-31-34-45(35-32-40)60(51-28-14-12-24-46(51)41-19-6-2-7-20-41)54-38-43(37-50-57-47-25-11-10-21-42(47)33-36-55(57)61-58(50)54)48-27-16-30-53-56(48)49-26-13-15-29-52(49)59(53)44-22-8-3-9-23-44/h1-38H. The lowest BCUT2D eigenvalue weighted by molar-refractivity contribution is 0.669. The van der Waals surface area contributed by atoms with Gasteiger partial charge in [-0.1, -0.05) is 170 Å². The van der Waals surface area contributed by atoms with Crippen LogP contribution in [0.15, 0.2) is 235 Å². The van der Waals surface area contributed by atoms with Crippen molar-refractivity contribution in [3.05, 3.63) is 231 Å². The summed E-state index contributed by atoms with van der Waals surface area (Å²) < 4.78 is 9.51. The summed E-state index contributed by atoms with van der Waals surface area (Å²) in [6, 6.07) is 82.8. The van der Waals surface area contributed by atoms with E-state index in [4.69, 9.17) is 4.42 Å². The number of anilines is 3. The maximum absolute atomic E-state index is 7.12. The molecule has 0 radical (unpaired) electrons. The van der Waals surface area contributed by atoms with Crippen LogP contribution in [0, 0.1) is 0 Å². The number of nitrogens with zero attached hydrogens (tertiary/aromatic N) is 2. The molecule has 0 saturated carbocycles. The van der Waals surface area contributed by atoms with Gasteiger partial charge in [0.1, 0.15) is 5.58 Å². The van der Waals surface area contributed by atoms with E-state index in [2.05, 4.69) is 240 Å². The first-order valence-corrected chi connectivity index (χ1v) is 20.8. The Morgan fingerprint density at radius 2 is 0.984 bits per heavy atom. The molecular weight excluding hydrogens is 741 g/mol. The highest BCUT2D eigenvalue weighted by atomic mass is 16.3. The summed E-state index contributed by atoms with van der Waals surface area (Å²) >= 11 is 0. The Labute approximate surface area is 353 Å². The van der Waals surface area contributed by atoms with Gasteiger partial charge in [-0.05, 0) is 99.3 Å². The molecule has 0 aliphatic heterocycles. The molecule has 61 heavy (non-hydrogen) atoms. The van der Waals surface area contributed by atoms with Gasteiger partial charge in [0.25, 0.3) is 0 Å². The molecule has 3 nitrogen and oxygen atoms in total. The fourth-order valence-electron chi connectivity index (χ4n) is 9.44. The second-order valence-corrected chi connectivity index (χ2v) is 15.7. The maximum Gasteiger partial charge on any atom is 0.159 e. The average molecular weight is 779 g/mol. The summed E-state index contributed by atoms with van der Waals surface area (Å²) in [4.78, 5) is 2.40. The van der Waals surface area contributed by atoms with E-state index in [-0.39, 0.29) is 0 Å². The van der Waals surface area contributed by atoms with Gasteiger partial charge >= 0.3 is 0 Å². The van der Waals surface area contributed by atoms with E-state index in [1.54, 1.807) is 0 Å². The predicted octanol–water partition coefficient (Wildman–Crippen LogP) is 16.3. The lowest BCUT2D eigenvalue weighted by atomic mass is 9.95. The molecular formula is C58H38N2O. The molecule has 0 saturated heterocycles. The molecule has 0 spiro atoms. The minimum absolute atomic E-state index is 0.837. The van der Waals surface area contributed by atoms with Gasteiger partial charge < -0.3 is 13.9 Å². The molecule has 0 N–H and O–H groups in total. The number of hydrogen-bond acceptors (Lipinski definition) is 2. The Kier molecular flexibility index (Phi) is 8.17. The summed E-state index contributed by atoms with van der Waals surface area (Å²) in [6.07, 6.45) is 0. The summed E-state index contributed by atoms with van der Waals surface area (Å²) in [5.74, 6) is 0. The number of rotatable bonds is 7. The minimum atomic E-state index is 0.837. The van der Waals surface area contributed by atoms with Gasteiger partial charge in [-0.15, -0.1) is 0 Å². The van der Waals surface area contributed by atoms with Gasteiger partial charge in [0.2, 0.25) is 0 Å². The number of benzene rings is 10. The minimum Gasteiger partial charge on any atom is -0.454 e. The van der Waals surface area contributed by atoms with E-state index in [9.17, 15) is 0 Å². The summed E-state index contributed by atoms with van der Waals surface area (Å²) in [5, 5.41) is 6.97. The number of hydrogen-bond donors (Lipinski definition) is 0. The fourth-order valence-corrected chi connectivity index (χ4v) is 9.44. The van der Waals surface area contributed by atoms with Gasteiger partial charge in [0.15, 0.2) is 5.58 Å². The zero-order valence-corrected chi connectivity index (χ0v) is 33.2. The highest BCUT2D eigenvalue weighted by molar-refractivity contribution is 6.23. The molecule has 0 amide bonds. The maximum atomic E-state index is 7.12. The Bertz CT molecular complexity index is 3570.